The smallest absolute Gasteiger partial charge is 0.0991 e. The summed E-state index contributed by atoms with van der Waals surface area (Å²) in [6.07, 6.45) is 0. The third kappa shape index (κ3) is 2.55. The lowest BCUT2D eigenvalue weighted by Crippen LogP contribution is -1.92. The van der Waals surface area contributed by atoms with E-state index in [9.17, 15) is 5.26 Å². The molecular weight excluding hydrogens is 338 g/mol. The Bertz CT molecular complexity index is 1340. The summed E-state index contributed by atoms with van der Waals surface area (Å²) >= 11 is 0. The Morgan fingerprint density at radius 3 is 1.57 bits per heavy atom. The molecule has 0 aromatic heterocycles. The SMILES string of the molecule is N#Cc1ccc2c(c1)c(-c1ccccc1)c(-c1ccccc1)c1ccccc12. The molecule has 130 valence electrons. The zero-order valence-corrected chi connectivity index (χ0v) is 15.3. The van der Waals surface area contributed by atoms with Crippen LogP contribution in [0.15, 0.2) is 103 Å². The van der Waals surface area contributed by atoms with Crippen LogP contribution < -0.4 is 0 Å². The molecule has 0 radical (unpaired) electrons. The van der Waals surface area contributed by atoms with Gasteiger partial charge in [0.2, 0.25) is 0 Å². The van der Waals surface area contributed by atoms with Crippen molar-refractivity contribution >= 4 is 21.5 Å². The van der Waals surface area contributed by atoms with E-state index in [0.717, 1.165) is 10.9 Å². The number of nitriles is 1. The second-order valence-corrected chi connectivity index (χ2v) is 6.90. The molecule has 0 spiro atoms. The molecular formula is C27H17N. The average molecular weight is 355 g/mol. The summed E-state index contributed by atoms with van der Waals surface area (Å²) in [5, 5.41) is 14.2. The van der Waals surface area contributed by atoms with Crippen LogP contribution in [0.4, 0.5) is 0 Å². The molecule has 0 fully saturated rings. The first-order chi connectivity index (χ1) is 13.9. The van der Waals surface area contributed by atoms with Crippen LogP contribution >= 0.6 is 0 Å². The van der Waals surface area contributed by atoms with Crippen LogP contribution in [0.25, 0.3) is 43.8 Å². The molecule has 0 saturated heterocycles. The highest BCUT2D eigenvalue weighted by Crippen LogP contribution is 2.44. The lowest BCUT2D eigenvalue weighted by atomic mass is 9.84. The molecule has 0 saturated carbocycles. The summed E-state index contributed by atoms with van der Waals surface area (Å²) in [4.78, 5) is 0. The van der Waals surface area contributed by atoms with Gasteiger partial charge in [0.25, 0.3) is 0 Å². The predicted octanol–water partition coefficient (Wildman–Crippen LogP) is 7.20. The summed E-state index contributed by atoms with van der Waals surface area (Å²) in [6, 6.07) is 37.9. The summed E-state index contributed by atoms with van der Waals surface area (Å²) < 4.78 is 0. The van der Waals surface area contributed by atoms with Gasteiger partial charge < -0.3 is 0 Å². The van der Waals surface area contributed by atoms with Gasteiger partial charge in [-0.2, -0.15) is 5.26 Å². The van der Waals surface area contributed by atoms with E-state index < -0.39 is 0 Å². The lowest BCUT2D eigenvalue weighted by molar-refractivity contribution is 1.50. The van der Waals surface area contributed by atoms with Gasteiger partial charge in [0.1, 0.15) is 0 Å². The van der Waals surface area contributed by atoms with E-state index in [1.165, 1.54) is 32.8 Å². The first-order valence-corrected chi connectivity index (χ1v) is 9.36. The van der Waals surface area contributed by atoms with Crippen LogP contribution in [0.1, 0.15) is 5.56 Å². The van der Waals surface area contributed by atoms with Crippen molar-refractivity contribution in [1.29, 1.82) is 5.26 Å². The second kappa shape index (κ2) is 6.68. The third-order valence-corrected chi connectivity index (χ3v) is 5.28. The molecule has 28 heavy (non-hydrogen) atoms. The highest BCUT2D eigenvalue weighted by atomic mass is 14.2. The molecule has 1 heteroatoms. The van der Waals surface area contributed by atoms with E-state index >= 15 is 0 Å². The molecule has 0 aliphatic heterocycles. The summed E-state index contributed by atoms with van der Waals surface area (Å²) in [7, 11) is 0. The first kappa shape index (κ1) is 16.3. The van der Waals surface area contributed by atoms with Crippen LogP contribution in [-0.2, 0) is 0 Å². The van der Waals surface area contributed by atoms with E-state index in [0.29, 0.717) is 5.56 Å². The first-order valence-electron chi connectivity index (χ1n) is 9.36. The average Bonchev–Trinajstić information content (AvgIpc) is 2.79. The quantitative estimate of drug-likeness (QED) is 0.307. The Hall–Kier alpha value is -3.89. The van der Waals surface area contributed by atoms with E-state index in [-0.39, 0.29) is 0 Å². The van der Waals surface area contributed by atoms with Gasteiger partial charge in [-0.15, -0.1) is 0 Å². The standard InChI is InChI=1S/C27H17N/c28-18-19-15-16-23-22-13-7-8-14-24(22)26(20-9-3-1-4-10-20)27(25(23)17-19)21-11-5-2-6-12-21/h1-17H. The molecule has 0 aliphatic carbocycles. The highest BCUT2D eigenvalue weighted by molar-refractivity contribution is 6.21. The van der Waals surface area contributed by atoms with Crippen molar-refractivity contribution in [3.05, 3.63) is 109 Å². The number of nitrogens with zero attached hydrogens (tertiary/aromatic N) is 1. The number of hydrogen-bond acceptors (Lipinski definition) is 1. The Morgan fingerprint density at radius 1 is 0.464 bits per heavy atom. The summed E-state index contributed by atoms with van der Waals surface area (Å²) in [5.74, 6) is 0. The largest absolute Gasteiger partial charge is 0.192 e. The Morgan fingerprint density at radius 2 is 0.964 bits per heavy atom. The topological polar surface area (TPSA) is 23.8 Å². The Balaban J connectivity index is 2.07. The van der Waals surface area contributed by atoms with Gasteiger partial charge >= 0.3 is 0 Å². The van der Waals surface area contributed by atoms with Gasteiger partial charge in [0, 0.05) is 0 Å². The minimum Gasteiger partial charge on any atom is -0.192 e. The minimum absolute atomic E-state index is 0.680. The molecule has 5 aromatic carbocycles. The molecule has 0 atom stereocenters. The zero-order chi connectivity index (χ0) is 18.9. The van der Waals surface area contributed by atoms with Crippen molar-refractivity contribution in [3.8, 4) is 28.3 Å². The van der Waals surface area contributed by atoms with Crippen molar-refractivity contribution in [2.24, 2.45) is 0 Å². The van der Waals surface area contributed by atoms with Gasteiger partial charge in [-0.3, -0.25) is 0 Å². The number of fused-ring (bicyclic) bond motifs is 3. The van der Waals surface area contributed by atoms with Crippen molar-refractivity contribution in [3.63, 3.8) is 0 Å². The predicted molar refractivity (Wildman–Crippen MR) is 117 cm³/mol. The molecule has 5 rings (SSSR count). The molecule has 5 aromatic rings. The Labute approximate surface area is 164 Å². The van der Waals surface area contributed by atoms with Crippen LogP contribution in [0.5, 0.6) is 0 Å². The highest BCUT2D eigenvalue weighted by Gasteiger charge is 2.17. The van der Waals surface area contributed by atoms with Crippen LogP contribution in [0.2, 0.25) is 0 Å². The van der Waals surface area contributed by atoms with Gasteiger partial charge in [-0.25, -0.2) is 0 Å². The van der Waals surface area contributed by atoms with Crippen LogP contribution in [0.3, 0.4) is 0 Å². The summed E-state index contributed by atoms with van der Waals surface area (Å²) in [5.41, 5.74) is 5.41. The van der Waals surface area contributed by atoms with Gasteiger partial charge in [0.15, 0.2) is 0 Å². The molecule has 0 aliphatic rings. The molecule has 0 N–H and O–H groups in total. The van der Waals surface area contributed by atoms with Crippen molar-refractivity contribution in [2.45, 2.75) is 0 Å². The van der Waals surface area contributed by atoms with Crippen molar-refractivity contribution < 1.29 is 0 Å². The number of rotatable bonds is 2. The van der Waals surface area contributed by atoms with Crippen molar-refractivity contribution in [2.75, 3.05) is 0 Å². The Kier molecular flexibility index (Phi) is 3.89. The second-order valence-electron chi connectivity index (χ2n) is 6.90. The zero-order valence-electron chi connectivity index (χ0n) is 15.3. The van der Waals surface area contributed by atoms with E-state index in [1.807, 2.05) is 24.3 Å². The summed E-state index contributed by atoms with van der Waals surface area (Å²) in [6.45, 7) is 0. The minimum atomic E-state index is 0.680. The maximum atomic E-state index is 9.51. The fourth-order valence-corrected chi connectivity index (χ4v) is 4.07. The third-order valence-electron chi connectivity index (χ3n) is 5.28. The van der Waals surface area contributed by atoms with E-state index in [2.05, 4.69) is 84.9 Å². The molecule has 0 bridgehead atoms. The van der Waals surface area contributed by atoms with E-state index in [1.54, 1.807) is 0 Å². The van der Waals surface area contributed by atoms with Crippen molar-refractivity contribution in [1.82, 2.24) is 0 Å². The molecule has 0 amide bonds. The van der Waals surface area contributed by atoms with Gasteiger partial charge in [-0.05, 0) is 55.9 Å². The maximum absolute atomic E-state index is 9.51. The van der Waals surface area contributed by atoms with Crippen LogP contribution in [-0.4, -0.2) is 0 Å². The fourth-order valence-electron chi connectivity index (χ4n) is 4.07. The normalized spacial score (nSPS) is 10.8. The molecule has 0 heterocycles. The van der Waals surface area contributed by atoms with Crippen LogP contribution in [0, 0.1) is 11.3 Å². The fraction of sp³-hybridized carbons (Fsp3) is 0. The lowest BCUT2D eigenvalue weighted by Gasteiger charge is -2.18. The number of benzene rings is 5. The monoisotopic (exact) mass is 355 g/mol. The van der Waals surface area contributed by atoms with Gasteiger partial charge in [-0.1, -0.05) is 91.0 Å². The number of hydrogen-bond donors (Lipinski definition) is 0. The molecule has 0 unspecified atom stereocenters. The van der Waals surface area contributed by atoms with Gasteiger partial charge in [0.05, 0.1) is 11.6 Å². The van der Waals surface area contributed by atoms with E-state index in [4.69, 9.17) is 0 Å². The maximum Gasteiger partial charge on any atom is 0.0991 e. The molecule has 1 nitrogen and oxygen atoms in total.